The number of rotatable bonds is 2. The van der Waals surface area contributed by atoms with Crippen LogP contribution in [0.4, 0.5) is 0 Å². The Balaban J connectivity index is 1.39. The Morgan fingerprint density at radius 1 is 1.12 bits per heavy atom. The van der Waals surface area contributed by atoms with Gasteiger partial charge in [0.15, 0.2) is 0 Å². The summed E-state index contributed by atoms with van der Waals surface area (Å²) in [5.74, 6) is 1.30. The minimum Gasteiger partial charge on any atom is -0.507 e. The first-order valence-electron chi connectivity index (χ1n) is 13.3. The molecule has 1 atom stereocenters. The predicted octanol–water partition coefficient (Wildman–Crippen LogP) is 5.18. The van der Waals surface area contributed by atoms with Gasteiger partial charge in [0.1, 0.15) is 23.0 Å². The van der Waals surface area contributed by atoms with Crippen molar-refractivity contribution < 1.29 is 24.2 Å². The van der Waals surface area contributed by atoms with Crippen molar-refractivity contribution in [1.82, 2.24) is 15.2 Å². The maximum atomic E-state index is 13.6. The molecule has 1 unspecified atom stereocenters. The Labute approximate surface area is 236 Å². The van der Waals surface area contributed by atoms with Gasteiger partial charge in [-0.25, -0.2) is 4.98 Å². The quantitative estimate of drug-likeness (QED) is 0.354. The molecule has 4 aromatic rings. The van der Waals surface area contributed by atoms with E-state index >= 15 is 0 Å². The van der Waals surface area contributed by atoms with Crippen LogP contribution in [-0.4, -0.2) is 46.5 Å². The van der Waals surface area contributed by atoms with E-state index < -0.39 is 0 Å². The molecule has 3 aliphatic heterocycles. The second-order valence-corrected chi connectivity index (χ2v) is 11.0. The summed E-state index contributed by atoms with van der Waals surface area (Å²) in [6, 6.07) is 18.1. The zero-order valence-corrected chi connectivity index (χ0v) is 22.9. The van der Waals surface area contributed by atoms with Gasteiger partial charge in [-0.2, -0.15) is 0 Å². The molecule has 4 heterocycles. The summed E-state index contributed by atoms with van der Waals surface area (Å²) in [4.78, 5) is 32.8. The Morgan fingerprint density at radius 3 is 2.83 bits per heavy atom. The number of aromatic nitrogens is 1. The summed E-state index contributed by atoms with van der Waals surface area (Å²) < 4.78 is 12.1. The number of thiazole rings is 1. The molecule has 7 rings (SSSR count). The number of carbonyl (C=O) groups is 2. The van der Waals surface area contributed by atoms with Crippen molar-refractivity contribution in [3.63, 3.8) is 0 Å². The molecule has 3 aromatic carbocycles. The van der Waals surface area contributed by atoms with Gasteiger partial charge in [0.25, 0.3) is 5.91 Å². The van der Waals surface area contributed by atoms with Crippen molar-refractivity contribution in [3.05, 3.63) is 99.0 Å². The molecule has 2 amide bonds. The molecule has 9 heteroatoms. The molecule has 0 radical (unpaired) electrons. The van der Waals surface area contributed by atoms with Gasteiger partial charge >= 0.3 is 0 Å². The minimum absolute atomic E-state index is 0.0297. The number of aryl methyl sites for hydroxylation is 1. The van der Waals surface area contributed by atoms with E-state index in [1.807, 2.05) is 59.7 Å². The van der Waals surface area contributed by atoms with E-state index in [0.29, 0.717) is 49.8 Å². The topological polar surface area (TPSA) is 101 Å². The van der Waals surface area contributed by atoms with E-state index in [9.17, 15) is 14.7 Å². The van der Waals surface area contributed by atoms with Crippen molar-refractivity contribution in [2.75, 3.05) is 19.7 Å². The van der Waals surface area contributed by atoms with Crippen LogP contribution in [0.2, 0.25) is 0 Å². The predicted molar refractivity (Wildman–Crippen MR) is 151 cm³/mol. The molecule has 1 aromatic heterocycles. The first-order chi connectivity index (χ1) is 19.4. The molecular formula is C31H29N3O5S. The van der Waals surface area contributed by atoms with Gasteiger partial charge in [-0.3, -0.25) is 9.59 Å². The van der Waals surface area contributed by atoms with E-state index in [4.69, 9.17) is 9.47 Å². The third-order valence-corrected chi connectivity index (χ3v) is 7.98. The number of ether oxygens (including phenoxy) is 2. The van der Waals surface area contributed by atoms with E-state index in [0.717, 1.165) is 27.4 Å². The zero-order chi connectivity index (χ0) is 27.6. The summed E-state index contributed by atoms with van der Waals surface area (Å²) in [5, 5.41) is 16.0. The molecular weight excluding hydrogens is 526 g/mol. The Bertz CT molecular complexity index is 1580. The lowest BCUT2D eigenvalue weighted by Gasteiger charge is -2.38. The number of phenols is 1. The average Bonchev–Trinajstić information content (AvgIpc) is 3.36. The molecule has 0 spiro atoms. The van der Waals surface area contributed by atoms with Gasteiger partial charge in [-0.05, 0) is 78.9 Å². The standard InChI is InChI=1S/C31H29N3O5S/c1-19-33-22(18-40-19)16-29(36)34-12-10-20-14-24-6-8-26(20)30(34)21-4-2-5-23(15-21)38-13-3-11-32-31(37)27-17-25(39-24)7-9-28(27)35/h2,4-9,14-15,17-18,30,35H,3,10-13,16H2,1H3,(H,32,37). The highest BCUT2D eigenvalue weighted by molar-refractivity contribution is 7.09. The van der Waals surface area contributed by atoms with Gasteiger partial charge in [0.2, 0.25) is 5.91 Å². The van der Waals surface area contributed by atoms with Gasteiger partial charge < -0.3 is 24.8 Å². The van der Waals surface area contributed by atoms with E-state index in [1.54, 1.807) is 17.4 Å². The van der Waals surface area contributed by atoms with Gasteiger partial charge in [0, 0.05) is 18.5 Å². The lowest BCUT2D eigenvalue weighted by molar-refractivity contribution is -0.132. The molecule has 0 saturated heterocycles. The molecule has 3 aliphatic rings. The van der Waals surface area contributed by atoms with Crippen LogP contribution in [0.25, 0.3) is 0 Å². The summed E-state index contributed by atoms with van der Waals surface area (Å²) in [6.07, 6.45) is 1.51. The lowest BCUT2D eigenvalue weighted by atomic mass is 9.87. The number of phenolic OH excluding ortho intramolecular Hbond substituents is 1. The number of nitrogens with zero attached hydrogens (tertiary/aromatic N) is 2. The highest BCUT2D eigenvalue weighted by Gasteiger charge is 2.33. The first kappa shape index (κ1) is 25.9. The number of hydrogen-bond acceptors (Lipinski definition) is 7. The summed E-state index contributed by atoms with van der Waals surface area (Å²) >= 11 is 1.55. The van der Waals surface area contributed by atoms with Crippen LogP contribution in [-0.2, 0) is 17.6 Å². The normalized spacial score (nSPS) is 16.8. The van der Waals surface area contributed by atoms with E-state index in [1.165, 1.54) is 12.1 Å². The van der Waals surface area contributed by atoms with Crippen LogP contribution in [0.1, 0.15) is 50.2 Å². The smallest absolute Gasteiger partial charge is 0.255 e. The van der Waals surface area contributed by atoms with Gasteiger partial charge in [-0.15, -0.1) is 11.3 Å². The highest BCUT2D eigenvalue weighted by atomic mass is 32.1. The second kappa shape index (κ2) is 11.0. The fourth-order valence-corrected chi connectivity index (χ4v) is 5.88. The number of aromatic hydroxyl groups is 1. The Hall–Kier alpha value is -4.37. The van der Waals surface area contributed by atoms with Crippen molar-refractivity contribution in [3.8, 4) is 23.0 Å². The molecule has 2 N–H and O–H groups in total. The van der Waals surface area contributed by atoms with Gasteiger partial charge in [-0.1, -0.05) is 18.2 Å². The second-order valence-electron chi connectivity index (χ2n) is 9.95. The molecule has 204 valence electrons. The molecule has 8 bridgehead atoms. The van der Waals surface area contributed by atoms with Crippen LogP contribution in [0, 0.1) is 6.92 Å². The third kappa shape index (κ3) is 5.37. The maximum Gasteiger partial charge on any atom is 0.255 e. The minimum atomic E-state index is -0.378. The van der Waals surface area contributed by atoms with Gasteiger partial charge in [0.05, 0.1) is 35.3 Å². The molecule has 8 nitrogen and oxygen atoms in total. The number of benzene rings is 3. The highest BCUT2D eigenvalue weighted by Crippen LogP contribution is 2.39. The summed E-state index contributed by atoms with van der Waals surface area (Å²) in [6.45, 7) is 3.28. The molecule has 0 fully saturated rings. The summed E-state index contributed by atoms with van der Waals surface area (Å²) in [5.41, 5.74) is 4.02. The van der Waals surface area contributed by atoms with Crippen LogP contribution in [0.5, 0.6) is 23.0 Å². The van der Waals surface area contributed by atoms with Crippen molar-refractivity contribution >= 4 is 23.2 Å². The number of amides is 2. The van der Waals surface area contributed by atoms with Crippen molar-refractivity contribution in [1.29, 1.82) is 0 Å². The van der Waals surface area contributed by atoms with Crippen LogP contribution < -0.4 is 14.8 Å². The SMILES string of the molecule is Cc1nc(CC(=O)N2CCc3cc4ccc3C2c2cccc(c2)OCCCNC(=O)c2cc(ccc2O)O4)cs1. The number of carbonyl (C=O) groups excluding carboxylic acids is 2. The number of nitrogens with one attached hydrogen (secondary N) is 1. The molecule has 0 aliphatic carbocycles. The van der Waals surface area contributed by atoms with E-state index in [-0.39, 0.29) is 35.6 Å². The first-order valence-corrected chi connectivity index (χ1v) is 14.2. The van der Waals surface area contributed by atoms with Crippen LogP contribution in [0.15, 0.2) is 66.0 Å². The zero-order valence-electron chi connectivity index (χ0n) is 22.1. The largest absolute Gasteiger partial charge is 0.507 e. The average molecular weight is 556 g/mol. The number of fused-ring (bicyclic) bond motifs is 6. The van der Waals surface area contributed by atoms with Crippen molar-refractivity contribution in [2.24, 2.45) is 0 Å². The van der Waals surface area contributed by atoms with Crippen LogP contribution >= 0.6 is 11.3 Å². The fraction of sp³-hybridized carbons (Fsp3) is 0.258. The summed E-state index contributed by atoms with van der Waals surface area (Å²) in [7, 11) is 0. The lowest BCUT2D eigenvalue weighted by Crippen LogP contribution is -2.41. The van der Waals surface area contributed by atoms with E-state index in [2.05, 4.69) is 10.3 Å². The fourth-order valence-electron chi connectivity index (χ4n) is 5.27. The third-order valence-electron chi connectivity index (χ3n) is 7.16. The van der Waals surface area contributed by atoms with Crippen molar-refractivity contribution in [2.45, 2.75) is 32.2 Å². The Kier molecular flexibility index (Phi) is 7.13. The number of hydrogen-bond donors (Lipinski definition) is 2. The monoisotopic (exact) mass is 555 g/mol. The molecule has 0 saturated carbocycles. The maximum absolute atomic E-state index is 13.6. The molecule has 40 heavy (non-hydrogen) atoms. The van der Waals surface area contributed by atoms with Crippen LogP contribution in [0.3, 0.4) is 0 Å². The Morgan fingerprint density at radius 2 is 1.98 bits per heavy atom.